The number of methoxy groups -OCH3 is 1. The van der Waals surface area contributed by atoms with Crippen molar-refractivity contribution in [2.45, 2.75) is 31.7 Å². The second kappa shape index (κ2) is 6.25. The average Bonchev–Trinajstić information content (AvgIpc) is 2.64. The predicted molar refractivity (Wildman–Crippen MR) is 102 cm³/mol. The summed E-state index contributed by atoms with van der Waals surface area (Å²) in [5, 5.41) is 30.9. The largest absolute Gasteiger partial charge is 0.508 e. The Morgan fingerprint density at radius 1 is 1.14 bits per heavy atom. The summed E-state index contributed by atoms with van der Waals surface area (Å²) >= 11 is 0. The highest BCUT2D eigenvalue weighted by Crippen LogP contribution is 2.48. The van der Waals surface area contributed by atoms with Gasteiger partial charge in [-0.2, -0.15) is 0 Å². The quantitative estimate of drug-likeness (QED) is 0.623. The summed E-state index contributed by atoms with van der Waals surface area (Å²) in [5.41, 5.74) is -0.273. The lowest BCUT2D eigenvalue weighted by atomic mass is 9.87. The zero-order valence-electron chi connectivity index (χ0n) is 15.6. The van der Waals surface area contributed by atoms with E-state index in [0.717, 1.165) is 0 Å². The fourth-order valence-electron chi connectivity index (χ4n) is 3.57. The molecule has 0 radical (unpaired) electrons. The van der Waals surface area contributed by atoms with Gasteiger partial charge in [-0.1, -0.05) is 12.1 Å². The fourth-order valence-corrected chi connectivity index (χ4v) is 3.57. The summed E-state index contributed by atoms with van der Waals surface area (Å²) in [4.78, 5) is 13.1. The van der Waals surface area contributed by atoms with Crippen molar-refractivity contribution in [3.63, 3.8) is 0 Å². The lowest BCUT2D eigenvalue weighted by Gasteiger charge is -2.41. The van der Waals surface area contributed by atoms with Crippen LogP contribution in [0.15, 0.2) is 45.8 Å². The molecule has 7 heteroatoms. The molecule has 28 heavy (non-hydrogen) atoms. The maximum Gasteiger partial charge on any atom is 0.204 e. The van der Waals surface area contributed by atoms with E-state index in [0.29, 0.717) is 5.56 Å². The van der Waals surface area contributed by atoms with Crippen LogP contribution in [0.5, 0.6) is 17.2 Å². The van der Waals surface area contributed by atoms with Gasteiger partial charge in [-0.05, 0) is 31.5 Å². The van der Waals surface area contributed by atoms with Crippen molar-refractivity contribution in [3.05, 3.63) is 52.4 Å². The number of fused-ring (bicyclic) bond motifs is 2. The Kier molecular flexibility index (Phi) is 4.10. The smallest absolute Gasteiger partial charge is 0.204 e. The maximum absolute atomic E-state index is 13.1. The minimum absolute atomic E-state index is 0.0260. The standard InChI is InChI=1S/C21H20O7/c1-21(2)20(25)19(26-3)16-14(28-21)8-13-15(18(16)24)17(23)12(9-27-13)10-4-6-11(22)7-5-10/h4-9,19-20,22,24-25H,1-3H3/t19-,20-/m1/s1. The van der Waals surface area contributed by atoms with Gasteiger partial charge in [0.25, 0.3) is 0 Å². The molecule has 0 amide bonds. The van der Waals surface area contributed by atoms with Crippen LogP contribution in [0.1, 0.15) is 25.5 Å². The van der Waals surface area contributed by atoms with Gasteiger partial charge < -0.3 is 29.2 Å². The van der Waals surface area contributed by atoms with Gasteiger partial charge in [0.2, 0.25) is 5.43 Å². The molecular formula is C21H20O7. The van der Waals surface area contributed by atoms with E-state index in [-0.39, 0.29) is 39.3 Å². The molecule has 0 spiro atoms. The molecule has 3 N–H and O–H groups in total. The molecule has 1 aliphatic rings. The van der Waals surface area contributed by atoms with Crippen LogP contribution in [0, 0.1) is 0 Å². The van der Waals surface area contributed by atoms with E-state index in [1.807, 2.05) is 0 Å². The third kappa shape index (κ3) is 2.63. The fraction of sp³-hybridized carbons (Fsp3) is 0.286. The number of benzene rings is 2. The van der Waals surface area contributed by atoms with Crippen LogP contribution in [0.4, 0.5) is 0 Å². The van der Waals surface area contributed by atoms with Gasteiger partial charge in [0.15, 0.2) is 0 Å². The monoisotopic (exact) mass is 384 g/mol. The molecule has 4 rings (SSSR count). The SMILES string of the molecule is CO[C@@H]1c2c(cc3occ(-c4ccc(O)cc4)c(=O)c3c2O)OC(C)(C)[C@@H]1O. The number of phenols is 2. The number of rotatable bonds is 2. The van der Waals surface area contributed by atoms with E-state index in [4.69, 9.17) is 13.9 Å². The molecule has 0 fully saturated rings. The molecule has 1 aromatic heterocycles. The molecule has 2 aromatic carbocycles. The highest BCUT2D eigenvalue weighted by atomic mass is 16.5. The third-order valence-corrected chi connectivity index (χ3v) is 5.13. The zero-order valence-corrected chi connectivity index (χ0v) is 15.6. The lowest BCUT2D eigenvalue weighted by Crippen LogP contribution is -2.49. The number of aliphatic hydroxyl groups excluding tert-OH is 1. The minimum Gasteiger partial charge on any atom is -0.508 e. The summed E-state index contributed by atoms with van der Waals surface area (Å²) < 4.78 is 16.9. The summed E-state index contributed by atoms with van der Waals surface area (Å²) in [5.74, 6) is 0.0125. The Hall–Kier alpha value is -3.03. The van der Waals surface area contributed by atoms with Crippen molar-refractivity contribution in [1.29, 1.82) is 0 Å². The van der Waals surface area contributed by atoms with Gasteiger partial charge in [-0.3, -0.25) is 4.79 Å². The van der Waals surface area contributed by atoms with Crippen LogP contribution in [0.25, 0.3) is 22.1 Å². The van der Waals surface area contributed by atoms with E-state index >= 15 is 0 Å². The lowest BCUT2D eigenvalue weighted by molar-refractivity contribution is -0.124. The normalized spacial score (nSPS) is 20.6. The summed E-state index contributed by atoms with van der Waals surface area (Å²) in [7, 11) is 1.41. The van der Waals surface area contributed by atoms with Crippen molar-refractivity contribution in [1.82, 2.24) is 0 Å². The van der Waals surface area contributed by atoms with Crippen LogP contribution in [-0.4, -0.2) is 34.1 Å². The molecule has 7 nitrogen and oxygen atoms in total. The van der Waals surface area contributed by atoms with Crippen LogP contribution >= 0.6 is 0 Å². The van der Waals surface area contributed by atoms with Crippen LogP contribution in [0.2, 0.25) is 0 Å². The van der Waals surface area contributed by atoms with Crippen molar-refractivity contribution in [2.75, 3.05) is 7.11 Å². The van der Waals surface area contributed by atoms with Crippen molar-refractivity contribution >= 4 is 11.0 Å². The predicted octanol–water partition coefficient (Wildman–Crippen LogP) is 3.09. The van der Waals surface area contributed by atoms with E-state index in [2.05, 4.69) is 0 Å². The van der Waals surface area contributed by atoms with E-state index in [1.54, 1.807) is 26.0 Å². The first-order chi connectivity index (χ1) is 13.2. The minimum atomic E-state index is -1.05. The van der Waals surface area contributed by atoms with Gasteiger partial charge in [0.05, 0.1) is 11.1 Å². The Bertz CT molecular complexity index is 1110. The Labute approximate surface area is 160 Å². The average molecular weight is 384 g/mol. The molecule has 0 bridgehead atoms. The van der Waals surface area contributed by atoms with Crippen molar-refractivity contribution in [3.8, 4) is 28.4 Å². The Morgan fingerprint density at radius 3 is 2.46 bits per heavy atom. The molecule has 1 aliphatic heterocycles. The highest BCUT2D eigenvalue weighted by molar-refractivity contribution is 5.90. The summed E-state index contributed by atoms with van der Waals surface area (Å²) in [6, 6.07) is 7.59. The maximum atomic E-state index is 13.1. The first-order valence-electron chi connectivity index (χ1n) is 8.75. The summed E-state index contributed by atoms with van der Waals surface area (Å²) in [6.07, 6.45) is -0.625. The number of ether oxygens (including phenoxy) is 2. The molecule has 0 saturated heterocycles. The Morgan fingerprint density at radius 2 is 1.82 bits per heavy atom. The second-order valence-electron chi connectivity index (χ2n) is 7.34. The first-order valence-corrected chi connectivity index (χ1v) is 8.75. The molecular weight excluding hydrogens is 364 g/mol. The van der Waals surface area contributed by atoms with Crippen LogP contribution in [0.3, 0.4) is 0 Å². The topological polar surface area (TPSA) is 109 Å². The molecule has 0 saturated carbocycles. The van der Waals surface area contributed by atoms with Crippen molar-refractivity contribution in [2.24, 2.45) is 0 Å². The second-order valence-corrected chi connectivity index (χ2v) is 7.34. The van der Waals surface area contributed by atoms with Crippen LogP contribution < -0.4 is 10.2 Å². The van der Waals surface area contributed by atoms with Gasteiger partial charge >= 0.3 is 0 Å². The van der Waals surface area contributed by atoms with Gasteiger partial charge in [-0.25, -0.2) is 0 Å². The Balaban J connectivity index is 1.99. The number of aromatic hydroxyl groups is 2. The van der Waals surface area contributed by atoms with Crippen LogP contribution in [-0.2, 0) is 4.74 Å². The molecule has 2 atom stereocenters. The molecule has 0 unspecified atom stereocenters. The number of aliphatic hydroxyl groups is 1. The van der Waals surface area contributed by atoms with Gasteiger partial charge in [0, 0.05) is 13.2 Å². The number of hydrogen-bond acceptors (Lipinski definition) is 7. The van der Waals surface area contributed by atoms with E-state index in [1.165, 1.54) is 31.6 Å². The van der Waals surface area contributed by atoms with E-state index in [9.17, 15) is 20.1 Å². The van der Waals surface area contributed by atoms with E-state index < -0.39 is 23.2 Å². The zero-order chi connectivity index (χ0) is 20.2. The summed E-state index contributed by atoms with van der Waals surface area (Å²) in [6.45, 7) is 3.41. The third-order valence-electron chi connectivity index (χ3n) is 5.13. The van der Waals surface area contributed by atoms with Gasteiger partial charge in [0.1, 0.15) is 52.3 Å². The highest BCUT2D eigenvalue weighted by Gasteiger charge is 2.45. The molecule has 2 heterocycles. The number of phenolic OH excluding ortho intramolecular Hbond substituents is 2. The van der Waals surface area contributed by atoms with Crippen molar-refractivity contribution < 1.29 is 29.2 Å². The van der Waals surface area contributed by atoms with Gasteiger partial charge in [-0.15, -0.1) is 0 Å². The number of hydrogen-bond donors (Lipinski definition) is 3. The molecule has 0 aliphatic carbocycles. The first kappa shape index (κ1) is 18.3. The molecule has 3 aromatic rings. The molecule has 146 valence electrons.